The molecule has 0 aromatic heterocycles. The summed E-state index contributed by atoms with van der Waals surface area (Å²) in [4.78, 5) is 0. The zero-order valence-electron chi connectivity index (χ0n) is 10.5. The lowest BCUT2D eigenvalue weighted by Gasteiger charge is -2.20. The van der Waals surface area contributed by atoms with Crippen molar-refractivity contribution in [2.24, 2.45) is 0 Å². The second kappa shape index (κ2) is 6.94. The maximum atomic E-state index is 13.5. The van der Waals surface area contributed by atoms with E-state index in [0.717, 1.165) is 18.2 Å². The Balaban J connectivity index is 2.67. The first-order chi connectivity index (χ1) is 9.27. The Kier molecular flexibility index (Phi) is 5.82. The van der Waals surface area contributed by atoms with Gasteiger partial charge in [0.25, 0.3) is 0 Å². The van der Waals surface area contributed by atoms with Crippen LogP contribution in [0.1, 0.15) is 11.6 Å². The summed E-state index contributed by atoms with van der Waals surface area (Å²) in [6.07, 6.45) is -3.85. The van der Waals surface area contributed by atoms with Crippen LogP contribution in [0.5, 0.6) is 0 Å². The Labute approximate surface area is 111 Å². The van der Waals surface area contributed by atoms with Gasteiger partial charge in [0.2, 0.25) is 0 Å². The lowest BCUT2D eigenvalue weighted by atomic mass is 10.1. The average Bonchev–Trinajstić information content (AvgIpc) is 2.37. The van der Waals surface area contributed by atoms with Gasteiger partial charge in [-0.2, -0.15) is 8.78 Å². The van der Waals surface area contributed by atoms with Crippen molar-refractivity contribution in [3.05, 3.63) is 35.4 Å². The van der Waals surface area contributed by atoms with E-state index in [1.165, 1.54) is 7.05 Å². The molecule has 0 saturated heterocycles. The Morgan fingerprint density at radius 3 is 2.45 bits per heavy atom. The number of ether oxygens (including phenoxy) is 1. The van der Waals surface area contributed by atoms with Crippen molar-refractivity contribution < 1.29 is 31.1 Å². The van der Waals surface area contributed by atoms with E-state index in [1.54, 1.807) is 0 Å². The summed E-state index contributed by atoms with van der Waals surface area (Å²) in [7, 11) is 1.38. The third kappa shape index (κ3) is 4.38. The van der Waals surface area contributed by atoms with E-state index in [4.69, 9.17) is 0 Å². The largest absolute Gasteiger partial charge is 0.373 e. The van der Waals surface area contributed by atoms with Crippen molar-refractivity contribution in [1.29, 1.82) is 0 Å². The summed E-state index contributed by atoms with van der Waals surface area (Å²) in [5, 5.41) is 2.54. The maximum Gasteiger partial charge on any atom is 0.330 e. The second-order valence-corrected chi connectivity index (χ2v) is 4.08. The number of likely N-dealkylation sites (N-methyl/N-ethyl adjacent to an activating group) is 1. The summed E-state index contributed by atoms with van der Waals surface area (Å²) in [6, 6.07) is 1.73. The molecular weight excluding hydrogens is 288 g/mol. The molecule has 8 heteroatoms. The molecule has 0 aliphatic heterocycles. The van der Waals surface area contributed by atoms with Gasteiger partial charge in [0.05, 0.1) is 12.6 Å². The molecule has 0 bridgehead atoms. The summed E-state index contributed by atoms with van der Waals surface area (Å²) in [5.41, 5.74) is -0.132. The summed E-state index contributed by atoms with van der Waals surface area (Å²) in [5.74, 6) is -5.74. The second-order valence-electron chi connectivity index (χ2n) is 4.08. The zero-order chi connectivity index (χ0) is 15.3. The number of benzene rings is 1. The minimum atomic E-state index is -4.28. The lowest BCUT2D eigenvalue weighted by molar-refractivity contribution is -0.167. The molecule has 0 aliphatic rings. The first-order valence-electron chi connectivity index (χ1n) is 5.64. The standard InChI is InChI=1S/C12H13F6NO/c1-19-10(5-20-6-12(17,18)11(15)16)8-4-7(13)2-3-9(8)14/h2-4,10-11,19H,5-6H2,1H3. The van der Waals surface area contributed by atoms with Crippen LogP contribution in [0.15, 0.2) is 18.2 Å². The van der Waals surface area contributed by atoms with Crippen LogP contribution in [0.3, 0.4) is 0 Å². The van der Waals surface area contributed by atoms with Gasteiger partial charge in [-0.25, -0.2) is 17.6 Å². The van der Waals surface area contributed by atoms with Gasteiger partial charge in [-0.15, -0.1) is 0 Å². The van der Waals surface area contributed by atoms with Gasteiger partial charge < -0.3 is 10.1 Å². The van der Waals surface area contributed by atoms with Crippen molar-refractivity contribution in [2.45, 2.75) is 18.4 Å². The fourth-order valence-corrected chi connectivity index (χ4v) is 1.49. The number of hydrogen-bond donors (Lipinski definition) is 1. The SMILES string of the molecule is CNC(COCC(F)(F)C(F)F)c1cc(F)ccc1F. The first kappa shape index (κ1) is 16.8. The highest BCUT2D eigenvalue weighted by Crippen LogP contribution is 2.24. The van der Waals surface area contributed by atoms with E-state index < -0.39 is 43.2 Å². The quantitative estimate of drug-likeness (QED) is 0.781. The van der Waals surface area contributed by atoms with Crippen molar-refractivity contribution in [3.8, 4) is 0 Å². The monoisotopic (exact) mass is 301 g/mol. The summed E-state index contributed by atoms with van der Waals surface area (Å²) >= 11 is 0. The highest BCUT2D eigenvalue weighted by molar-refractivity contribution is 5.22. The maximum absolute atomic E-state index is 13.5. The van der Waals surface area contributed by atoms with E-state index in [2.05, 4.69) is 10.1 Å². The van der Waals surface area contributed by atoms with Gasteiger partial charge in [-0.3, -0.25) is 0 Å². The first-order valence-corrected chi connectivity index (χ1v) is 5.64. The van der Waals surface area contributed by atoms with Crippen LogP contribution in [-0.2, 0) is 4.74 Å². The molecule has 114 valence electrons. The highest BCUT2D eigenvalue weighted by Gasteiger charge is 2.41. The summed E-state index contributed by atoms with van der Waals surface area (Å²) < 4.78 is 80.0. The fourth-order valence-electron chi connectivity index (χ4n) is 1.49. The van der Waals surface area contributed by atoms with Crippen molar-refractivity contribution in [2.75, 3.05) is 20.3 Å². The van der Waals surface area contributed by atoms with E-state index in [-0.39, 0.29) is 5.56 Å². The van der Waals surface area contributed by atoms with Gasteiger partial charge >= 0.3 is 12.3 Å². The third-order valence-corrected chi connectivity index (χ3v) is 2.58. The molecule has 0 amide bonds. The lowest BCUT2D eigenvalue weighted by Crippen LogP contribution is -2.34. The molecule has 0 spiro atoms. The number of halogens is 6. The van der Waals surface area contributed by atoms with E-state index >= 15 is 0 Å². The minimum Gasteiger partial charge on any atom is -0.373 e. The third-order valence-electron chi connectivity index (χ3n) is 2.58. The van der Waals surface area contributed by atoms with Gasteiger partial charge in [-0.1, -0.05) is 0 Å². The van der Waals surface area contributed by atoms with Gasteiger partial charge in [0.1, 0.15) is 18.2 Å². The highest BCUT2D eigenvalue weighted by atomic mass is 19.3. The van der Waals surface area contributed by atoms with Crippen LogP contribution in [-0.4, -0.2) is 32.6 Å². The van der Waals surface area contributed by atoms with Crippen LogP contribution in [0, 0.1) is 11.6 Å². The zero-order valence-corrected chi connectivity index (χ0v) is 10.5. The normalized spacial score (nSPS) is 13.8. The molecule has 20 heavy (non-hydrogen) atoms. The van der Waals surface area contributed by atoms with Crippen LogP contribution >= 0.6 is 0 Å². The Bertz CT molecular complexity index is 440. The predicted octanol–water partition coefficient (Wildman–Crippen LogP) is 3.14. The van der Waals surface area contributed by atoms with E-state index in [9.17, 15) is 26.3 Å². The molecule has 1 unspecified atom stereocenters. The molecule has 0 saturated carbocycles. The van der Waals surface area contributed by atoms with Crippen molar-refractivity contribution in [1.82, 2.24) is 5.32 Å². The van der Waals surface area contributed by atoms with Crippen molar-refractivity contribution >= 4 is 0 Å². The number of nitrogens with one attached hydrogen (secondary N) is 1. The summed E-state index contributed by atoms with van der Waals surface area (Å²) in [6.45, 7) is -2.00. The van der Waals surface area contributed by atoms with E-state index in [0.29, 0.717) is 0 Å². The number of rotatable bonds is 7. The smallest absolute Gasteiger partial charge is 0.330 e. The molecular formula is C12H13F6NO. The van der Waals surface area contributed by atoms with Gasteiger partial charge in [-0.05, 0) is 25.2 Å². The van der Waals surface area contributed by atoms with Gasteiger partial charge in [0.15, 0.2) is 0 Å². The van der Waals surface area contributed by atoms with Crippen LogP contribution in [0.2, 0.25) is 0 Å². The van der Waals surface area contributed by atoms with Gasteiger partial charge in [0, 0.05) is 5.56 Å². The Morgan fingerprint density at radius 2 is 1.90 bits per heavy atom. The molecule has 1 aromatic carbocycles. The molecule has 1 N–H and O–H groups in total. The van der Waals surface area contributed by atoms with Crippen LogP contribution in [0.25, 0.3) is 0 Å². The Morgan fingerprint density at radius 1 is 1.25 bits per heavy atom. The molecule has 1 rings (SSSR count). The molecule has 0 fully saturated rings. The van der Waals surface area contributed by atoms with Crippen molar-refractivity contribution in [3.63, 3.8) is 0 Å². The molecule has 0 heterocycles. The molecule has 1 aromatic rings. The minimum absolute atomic E-state index is 0.132. The van der Waals surface area contributed by atoms with Crippen LogP contribution in [0.4, 0.5) is 26.3 Å². The molecule has 1 atom stereocenters. The Hall–Kier alpha value is -1.28. The molecule has 0 aliphatic carbocycles. The predicted molar refractivity (Wildman–Crippen MR) is 59.9 cm³/mol. The average molecular weight is 301 g/mol. The van der Waals surface area contributed by atoms with Crippen LogP contribution < -0.4 is 5.32 Å². The number of hydrogen-bond acceptors (Lipinski definition) is 2. The molecule has 0 radical (unpaired) electrons. The topological polar surface area (TPSA) is 21.3 Å². The van der Waals surface area contributed by atoms with E-state index in [1.807, 2.05) is 0 Å². The molecule has 2 nitrogen and oxygen atoms in total. The number of alkyl halides is 4. The fraction of sp³-hybridized carbons (Fsp3) is 0.500.